The van der Waals surface area contributed by atoms with Gasteiger partial charge in [0.25, 0.3) is 0 Å². The van der Waals surface area contributed by atoms with Crippen molar-refractivity contribution in [2.24, 2.45) is 0 Å². The number of likely N-dealkylation sites (N-methyl/N-ethyl adjacent to an activating group) is 1. The fourth-order valence-corrected chi connectivity index (χ4v) is 0.830. The molecule has 1 radical (unpaired) electrons. The van der Waals surface area contributed by atoms with Crippen molar-refractivity contribution in [2.45, 2.75) is 6.92 Å². The van der Waals surface area contributed by atoms with Gasteiger partial charge in [-0.25, -0.2) is 0 Å². The van der Waals surface area contributed by atoms with Crippen LogP contribution in [0.2, 0.25) is 0 Å². The first-order valence-electron chi connectivity index (χ1n) is 3.55. The van der Waals surface area contributed by atoms with Crippen LogP contribution in [-0.2, 0) is 4.79 Å². The molecule has 0 atom stereocenters. The Morgan fingerprint density at radius 2 is 2.25 bits per heavy atom. The van der Waals surface area contributed by atoms with Gasteiger partial charge >= 0.3 is 0 Å². The average Bonchev–Trinajstić information content (AvgIpc) is 2.53. The molecule has 1 aromatic heterocycles. The second kappa shape index (κ2) is 3.34. The van der Waals surface area contributed by atoms with Gasteiger partial charge in [0.1, 0.15) is 5.92 Å². The molecule has 1 heterocycles. The lowest BCUT2D eigenvalue weighted by atomic mass is 10.1. The van der Waals surface area contributed by atoms with E-state index < -0.39 is 0 Å². The molecule has 12 heavy (non-hydrogen) atoms. The lowest BCUT2D eigenvalue weighted by Crippen LogP contribution is -2.27. The van der Waals surface area contributed by atoms with Gasteiger partial charge in [-0.3, -0.25) is 9.89 Å². The highest BCUT2D eigenvalue weighted by Crippen LogP contribution is 2.10. The normalized spacial score (nSPS) is 10.3. The topological polar surface area (TPSA) is 61.9 Å². The molecule has 1 aromatic rings. The van der Waals surface area contributed by atoms with E-state index >= 15 is 0 Å². The minimum atomic E-state index is -0.0519. The molecule has 0 aromatic carbocycles. The third-order valence-electron chi connectivity index (χ3n) is 1.53. The van der Waals surface area contributed by atoms with Crippen LogP contribution in [0.15, 0.2) is 6.20 Å². The van der Waals surface area contributed by atoms with Gasteiger partial charge in [0, 0.05) is 20.3 Å². The van der Waals surface area contributed by atoms with Crippen LogP contribution in [0, 0.1) is 5.92 Å². The quantitative estimate of drug-likeness (QED) is 0.665. The molecule has 1 N–H and O–H groups in total. The van der Waals surface area contributed by atoms with Gasteiger partial charge in [-0.05, 0) is 6.92 Å². The molecule has 0 bridgehead atoms. The second-order valence-electron chi connectivity index (χ2n) is 2.68. The molecule has 5 nitrogen and oxygen atoms in total. The summed E-state index contributed by atoms with van der Waals surface area (Å²) >= 11 is 0. The van der Waals surface area contributed by atoms with Crippen LogP contribution in [0.4, 0.5) is 0 Å². The number of hydrogen-bond acceptors (Lipinski definition) is 3. The zero-order valence-corrected chi connectivity index (χ0v) is 7.33. The van der Waals surface area contributed by atoms with Crippen molar-refractivity contribution in [2.75, 3.05) is 14.1 Å². The Morgan fingerprint density at radius 3 is 2.67 bits per heavy atom. The number of H-pyrrole nitrogens is 1. The molecule has 0 spiro atoms. The maximum absolute atomic E-state index is 11.3. The van der Waals surface area contributed by atoms with E-state index in [1.54, 1.807) is 27.2 Å². The Bertz CT molecular complexity index is 254. The first kappa shape index (κ1) is 8.70. The van der Waals surface area contributed by atoms with Gasteiger partial charge < -0.3 is 4.90 Å². The number of amides is 1. The second-order valence-corrected chi connectivity index (χ2v) is 2.68. The van der Waals surface area contributed by atoms with Crippen LogP contribution in [-0.4, -0.2) is 40.3 Å². The number of aromatic nitrogens is 3. The SMILES string of the molecule is C[C](C(=O)N(C)C)c1c[nH]nn1. The Labute approximate surface area is 70.8 Å². The summed E-state index contributed by atoms with van der Waals surface area (Å²) in [4.78, 5) is 12.9. The predicted octanol–water partition coefficient (Wildman–Crippen LogP) is -0.165. The van der Waals surface area contributed by atoms with Crippen LogP contribution in [0.1, 0.15) is 12.6 Å². The van der Waals surface area contributed by atoms with E-state index in [2.05, 4.69) is 15.4 Å². The van der Waals surface area contributed by atoms with E-state index in [0.717, 1.165) is 0 Å². The third kappa shape index (κ3) is 1.61. The molecule has 1 amide bonds. The molecule has 0 saturated carbocycles. The summed E-state index contributed by atoms with van der Waals surface area (Å²) in [5.74, 6) is 0.539. The summed E-state index contributed by atoms with van der Waals surface area (Å²) in [6.07, 6.45) is 1.59. The molecule has 0 unspecified atom stereocenters. The van der Waals surface area contributed by atoms with Gasteiger partial charge in [-0.2, -0.15) is 0 Å². The minimum absolute atomic E-state index is 0.0519. The first-order chi connectivity index (χ1) is 5.63. The molecule has 0 aliphatic rings. The lowest BCUT2D eigenvalue weighted by molar-refractivity contribution is -0.126. The number of aromatic amines is 1. The Kier molecular flexibility index (Phi) is 2.42. The highest BCUT2D eigenvalue weighted by atomic mass is 16.2. The first-order valence-corrected chi connectivity index (χ1v) is 3.55. The minimum Gasteiger partial charge on any atom is -0.348 e. The number of rotatable bonds is 2. The van der Waals surface area contributed by atoms with E-state index in [9.17, 15) is 4.79 Å². The van der Waals surface area contributed by atoms with Crippen LogP contribution < -0.4 is 0 Å². The molecule has 1 rings (SSSR count). The largest absolute Gasteiger partial charge is 0.348 e. The summed E-state index contributed by atoms with van der Waals surface area (Å²) in [6, 6.07) is 0. The summed E-state index contributed by atoms with van der Waals surface area (Å²) in [6.45, 7) is 1.72. The smallest absolute Gasteiger partial charge is 0.235 e. The Morgan fingerprint density at radius 1 is 1.58 bits per heavy atom. The molecule has 65 valence electrons. The molecule has 5 heteroatoms. The number of carbonyl (C=O) groups excluding carboxylic acids is 1. The monoisotopic (exact) mass is 167 g/mol. The van der Waals surface area contributed by atoms with Crippen molar-refractivity contribution in [1.29, 1.82) is 0 Å². The van der Waals surface area contributed by atoms with Crippen molar-refractivity contribution < 1.29 is 4.79 Å². The highest BCUT2D eigenvalue weighted by molar-refractivity contribution is 5.92. The van der Waals surface area contributed by atoms with E-state index in [4.69, 9.17) is 0 Å². The van der Waals surface area contributed by atoms with Crippen molar-refractivity contribution in [1.82, 2.24) is 20.3 Å². The van der Waals surface area contributed by atoms with Crippen LogP contribution >= 0.6 is 0 Å². The number of carbonyl (C=O) groups is 1. The number of hydrogen-bond donors (Lipinski definition) is 1. The van der Waals surface area contributed by atoms with E-state index in [0.29, 0.717) is 11.6 Å². The zero-order chi connectivity index (χ0) is 9.14. The van der Waals surface area contributed by atoms with Crippen molar-refractivity contribution >= 4 is 5.91 Å². The van der Waals surface area contributed by atoms with Crippen molar-refractivity contribution in [3.8, 4) is 0 Å². The standard InChI is InChI=1S/C7H11N4O/c1-5(7(12)11(2)3)6-4-8-10-9-6/h4H,1-3H3,(H,8,9,10). The predicted molar refractivity (Wildman–Crippen MR) is 43.1 cm³/mol. The molecule has 0 fully saturated rings. The van der Waals surface area contributed by atoms with E-state index in [-0.39, 0.29) is 5.91 Å². The van der Waals surface area contributed by atoms with Crippen LogP contribution in [0.3, 0.4) is 0 Å². The summed E-state index contributed by atoms with van der Waals surface area (Å²) in [5, 5.41) is 9.80. The van der Waals surface area contributed by atoms with E-state index in [1.807, 2.05) is 0 Å². The summed E-state index contributed by atoms with van der Waals surface area (Å²) in [5.41, 5.74) is 0.591. The maximum Gasteiger partial charge on any atom is 0.235 e. The summed E-state index contributed by atoms with van der Waals surface area (Å²) < 4.78 is 0. The van der Waals surface area contributed by atoms with Crippen molar-refractivity contribution in [3.05, 3.63) is 17.8 Å². The number of nitrogens with one attached hydrogen (secondary N) is 1. The Hall–Kier alpha value is -1.39. The van der Waals surface area contributed by atoms with Gasteiger partial charge in [0.05, 0.1) is 5.69 Å². The lowest BCUT2D eigenvalue weighted by Gasteiger charge is -2.13. The highest BCUT2D eigenvalue weighted by Gasteiger charge is 2.19. The molecular weight excluding hydrogens is 156 g/mol. The molecule has 0 aliphatic carbocycles. The van der Waals surface area contributed by atoms with Crippen LogP contribution in [0.5, 0.6) is 0 Å². The third-order valence-corrected chi connectivity index (χ3v) is 1.53. The summed E-state index contributed by atoms with van der Waals surface area (Å²) in [7, 11) is 3.40. The molecular formula is C7H11N4O. The maximum atomic E-state index is 11.3. The van der Waals surface area contributed by atoms with Gasteiger partial charge in [0.15, 0.2) is 0 Å². The van der Waals surface area contributed by atoms with Gasteiger partial charge in [0.2, 0.25) is 5.91 Å². The van der Waals surface area contributed by atoms with Gasteiger partial charge in [-0.15, -0.1) is 5.10 Å². The van der Waals surface area contributed by atoms with Crippen LogP contribution in [0.25, 0.3) is 0 Å². The fourth-order valence-electron chi connectivity index (χ4n) is 0.830. The number of nitrogens with zero attached hydrogens (tertiary/aromatic N) is 3. The fraction of sp³-hybridized carbons (Fsp3) is 0.429. The van der Waals surface area contributed by atoms with E-state index in [1.165, 1.54) is 4.90 Å². The Balaban J connectivity index is 2.72. The van der Waals surface area contributed by atoms with Gasteiger partial charge in [-0.1, -0.05) is 5.21 Å². The molecule has 0 aliphatic heterocycles. The van der Waals surface area contributed by atoms with Crippen molar-refractivity contribution in [3.63, 3.8) is 0 Å². The zero-order valence-electron chi connectivity index (χ0n) is 7.33. The molecule has 0 saturated heterocycles. The average molecular weight is 167 g/mol.